The van der Waals surface area contributed by atoms with Gasteiger partial charge in [0.25, 0.3) is 0 Å². The number of halogens is 1. The van der Waals surface area contributed by atoms with Crippen molar-refractivity contribution in [1.82, 2.24) is 5.32 Å². The molecule has 2 rings (SSSR count). The first kappa shape index (κ1) is 11.2. The number of carbonyl (C=O) groups excluding carboxylic acids is 1. The SMILES string of the molecule is C=C(I)[C@H]1NC(=O)O[C@@H]1C1CCCCC1. The fraction of sp³-hybridized carbons (Fsp3) is 0.727. The second-order valence-electron chi connectivity index (χ2n) is 4.34. The molecule has 1 amide bonds. The highest BCUT2D eigenvalue weighted by molar-refractivity contribution is 14.1. The van der Waals surface area contributed by atoms with E-state index in [9.17, 15) is 4.79 Å². The highest BCUT2D eigenvalue weighted by Crippen LogP contribution is 2.34. The van der Waals surface area contributed by atoms with Gasteiger partial charge in [-0.1, -0.05) is 25.8 Å². The Kier molecular flexibility index (Phi) is 3.53. The van der Waals surface area contributed by atoms with Crippen LogP contribution in [-0.4, -0.2) is 18.2 Å². The summed E-state index contributed by atoms with van der Waals surface area (Å²) in [5.74, 6) is 0.522. The van der Waals surface area contributed by atoms with Crippen LogP contribution in [0.1, 0.15) is 32.1 Å². The molecule has 1 saturated heterocycles. The third kappa shape index (κ3) is 2.46. The number of rotatable bonds is 2. The number of hydrogen-bond acceptors (Lipinski definition) is 2. The molecule has 1 aliphatic heterocycles. The Hall–Kier alpha value is -0.260. The van der Waals surface area contributed by atoms with E-state index in [1.54, 1.807) is 0 Å². The second-order valence-corrected chi connectivity index (χ2v) is 5.72. The monoisotopic (exact) mass is 321 g/mol. The van der Waals surface area contributed by atoms with Gasteiger partial charge in [0.15, 0.2) is 0 Å². The smallest absolute Gasteiger partial charge is 0.408 e. The Bertz CT molecular complexity index is 274. The Morgan fingerprint density at radius 2 is 2.07 bits per heavy atom. The molecule has 84 valence electrons. The molecule has 15 heavy (non-hydrogen) atoms. The molecule has 0 unspecified atom stereocenters. The minimum Gasteiger partial charge on any atom is -0.443 e. The molecular weight excluding hydrogens is 305 g/mol. The van der Waals surface area contributed by atoms with E-state index in [1.165, 1.54) is 32.1 Å². The summed E-state index contributed by atoms with van der Waals surface area (Å²) < 4.78 is 6.33. The van der Waals surface area contributed by atoms with Crippen molar-refractivity contribution in [2.75, 3.05) is 0 Å². The number of alkyl carbamates (subject to hydrolysis) is 1. The van der Waals surface area contributed by atoms with E-state index >= 15 is 0 Å². The molecule has 0 spiro atoms. The first-order valence-corrected chi connectivity index (χ1v) is 6.58. The van der Waals surface area contributed by atoms with E-state index in [2.05, 4.69) is 34.5 Å². The molecule has 0 aromatic rings. The van der Waals surface area contributed by atoms with Crippen LogP contribution in [0.3, 0.4) is 0 Å². The molecule has 2 fully saturated rings. The molecule has 1 heterocycles. The maximum atomic E-state index is 11.2. The van der Waals surface area contributed by atoms with Gasteiger partial charge in [-0.05, 0) is 41.4 Å². The van der Waals surface area contributed by atoms with Gasteiger partial charge < -0.3 is 10.1 Å². The molecule has 1 aliphatic carbocycles. The first-order chi connectivity index (χ1) is 7.18. The molecular formula is C11H16INO2. The average Bonchev–Trinajstić information content (AvgIpc) is 2.62. The summed E-state index contributed by atoms with van der Waals surface area (Å²) >= 11 is 2.18. The molecule has 0 bridgehead atoms. The molecule has 4 heteroatoms. The highest BCUT2D eigenvalue weighted by Gasteiger charge is 2.40. The predicted octanol–water partition coefficient (Wildman–Crippen LogP) is 2.99. The Balaban J connectivity index is 2.05. The number of carbonyl (C=O) groups is 1. The van der Waals surface area contributed by atoms with Crippen LogP contribution in [-0.2, 0) is 4.74 Å². The topological polar surface area (TPSA) is 38.3 Å². The lowest BCUT2D eigenvalue weighted by Crippen LogP contribution is -2.37. The zero-order chi connectivity index (χ0) is 10.8. The Labute approximate surface area is 104 Å². The second kappa shape index (κ2) is 4.72. The predicted molar refractivity (Wildman–Crippen MR) is 66.9 cm³/mol. The zero-order valence-electron chi connectivity index (χ0n) is 8.67. The van der Waals surface area contributed by atoms with Crippen LogP contribution in [0.25, 0.3) is 0 Å². The van der Waals surface area contributed by atoms with Crippen LogP contribution in [0.4, 0.5) is 4.79 Å². The van der Waals surface area contributed by atoms with Gasteiger partial charge in [-0.25, -0.2) is 4.79 Å². The third-order valence-electron chi connectivity index (χ3n) is 3.30. The van der Waals surface area contributed by atoms with Gasteiger partial charge in [-0.2, -0.15) is 0 Å². The maximum absolute atomic E-state index is 11.2. The molecule has 0 aromatic carbocycles. The van der Waals surface area contributed by atoms with Crippen molar-refractivity contribution in [3.63, 3.8) is 0 Å². The normalized spacial score (nSPS) is 32.2. The number of hydrogen-bond donors (Lipinski definition) is 1. The minimum absolute atomic E-state index is 0.0150. The summed E-state index contributed by atoms with van der Waals surface area (Å²) in [6.45, 7) is 3.91. The standard InChI is InChI=1S/C11H16INO2/c1-7(12)9-10(15-11(14)13-9)8-5-3-2-4-6-8/h8-10H,1-6H2,(H,13,14)/t9-,10-/m1/s1. The van der Waals surface area contributed by atoms with Crippen molar-refractivity contribution in [3.8, 4) is 0 Å². The van der Waals surface area contributed by atoms with E-state index in [0.717, 1.165) is 3.58 Å². The van der Waals surface area contributed by atoms with Crippen LogP contribution >= 0.6 is 22.6 Å². The highest BCUT2D eigenvalue weighted by atomic mass is 127. The Morgan fingerprint density at radius 3 is 2.67 bits per heavy atom. The van der Waals surface area contributed by atoms with Crippen molar-refractivity contribution in [2.45, 2.75) is 44.2 Å². The molecule has 2 atom stereocenters. The van der Waals surface area contributed by atoms with Crippen LogP contribution < -0.4 is 5.32 Å². The minimum atomic E-state index is -0.284. The number of ether oxygens (including phenoxy) is 1. The first-order valence-electron chi connectivity index (χ1n) is 5.50. The third-order valence-corrected chi connectivity index (χ3v) is 3.97. The maximum Gasteiger partial charge on any atom is 0.408 e. The van der Waals surface area contributed by atoms with Crippen molar-refractivity contribution in [3.05, 3.63) is 10.2 Å². The summed E-state index contributed by atoms with van der Waals surface area (Å²) in [4.78, 5) is 11.2. The summed E-state index contributed by atoms with van der Waals surface area (Å²) in [5.41, 5.74) is 0. The molecule has 2 aliphatic rings. The molecule has 0 aromatic heterocycles. The van der Waals surface area contributed by atoms with Crippen LogP contribution in [0.2, 0.25) is 0 Å². The van der Waals surface area contributed by atoms with Crippen molar-refractivity contribution in [2.24, 2.45) is 5.92 Å². The van der Waals surface area contributed by atoms with E-state index in [-0.39, 0.29) is 18.2 Å². The number of cyclic esters (lactones) is 1. The van der Waals surface area contributed by atoms with E-state index in [0.29, 0.717) is 5.92 Å². The van der Waals surface area contributed by atoms with Gasteiger partial charge in [0.05, 0.1) is 6.04 Å². The fourth-order valence-corrected chi connectivity index (χ4v) is 3.03. The fourth-order valence-electron chi connectivity index (χ4n) is 2.52. The molecule has 0 radical (unpaired) electrons. The lowest BCUT2D eigenvalue weighted by Gasteiger charge is -2.28. The van der Waals surface area contributed by atoms with Gasteiger partial charge in [0, 0.05) is 3.58 Å². The lowest BCUT2D eigenvalue weighted by molar-refractivity contribution is 0.0801. The largest absolute Gasteiger partial charge is 0.443 e. The van der Waals surface area contributed by atoms with Gasteiger partial charge in [0.2, 0.25) is 0 Å². The van der Waals surface area contributed by atoms with Crippen LogP contribution in [0.5, 0.6) is 0 Å². The molecule has 3 nitrogen and oxygen atoms in total. The number of amides is 1. The van der Waals surface area contributed by atoms with Crippen molar-refractivity contribution < 1.29 is 9.53 Å². The lowest BCUT2D eigenvalue weighted by atomic mass is 9.83. The summed E-state index contributed by atoms with van der Waals surface area (Å²) in [6, 6.07) is 0.0150. The summed E-state index contributed by atoms with van der Waals surface area (Å²) in [6.07, 6.45) is 5.94. The van der Waals surface area contributed by atoms with Gasteiger partial charge in [-0.15, -0.1) is 0 Å². The van der Waals surface area contributed by atoms with Gasteiger partial charge in [0.1, 0.15) is 6.10 Å². The molecule has 1 saturated carbocycles. The van der Waals surface area contributed by atoms with Gasteiger partial charge >= 0.3 is 6.09 Å². The van der Waals surface area contributed by atoms with E-state index < -0.39 is 0 Å². The zero-order valence-corrected chi connectivity index (χ0v) is 10.8. The number of nitrogens with one attached hydrogen (secondary N) is 1. The summed E-state index contributed by atoms with van der Waals surface area (Å²) in [5, 5.41) is 2.83. The molecule has 1 N–H and O–H groups in total. The van der Waals surface area contributed by atoms with E-state index in [1.807, 2.05) is 0 Å². The van der Waals surface area contributed by atoms with Crippen LogP contribution in [0, 0.1) is 5.92 Å². The Morgan fingerprint density at radius 1 is 1.40 bits per heavy atom. The summed E-state index contributed by atoms with van der Waals surface area (Å²) in [7, 11) is 0. The van der Waals surface area contributed by atoms with Crippen LogP contribution in [0.15, 0.2) is 10.2 Å². The average molecular weight is 321 g/mol. The van der Waals surface area contributed by atoms with Gasteiger partial charge in [-0.3, -0.25) is 0 Å². The van der Waals surface area contributed by atoms with E-state index in [4.69, 9.17) is 4.74 Å². The van der Waals surface area contributed by atoms with Crippen molar-refractivity contribution >= 4 is 28.7 Å². The quantitative estimate of drug-likeness (QED) is 0.794. The van der Waals surface area contributed by atoms with Crippen molar-refractivity contribution in [1.29, 1.82) is 0 Å².